The first kappa shape index (κ1) is 20.0. The van der Waals surface area contributed by atoms with Crippen LogP contribution in [-0.2, 0) is 19.0 Å². The molecular weight excluding hydrogens is 358 g/mol. The summed E-state index contributed by atoms with van der Waals surface area (Å²) in [4.78, 5) is 22.7. The molecule has 1 N–H and O–H groups in total. The molecule has 2 aliphatic carbocycles. The monoisotopic (exact) mass is 382 g/mol. The maximum atomic E-state index is 12.0. The van der Waals surface area contributed by atoms with Crippen molar-refractivity contribution in [1.82, 2.24) is 5.32 Å². The van der Waals surface area contributed by atoms with Crippen molar-refractivity contribution in [3.63, 3.8) is 0 Å². The number of benzene rings is 1. The predicted molar refractivity (Wildman–Crippen MR) is 105 cm³/mol. The van der Waals surface area contributed by atoms with Crippen molar-refractivity contribution in [3.05, 3.63) is 65.3 Å². The third-order valence-corrected chi connectivity index (χ3v) is 4.47. The van der Waals surface area contributed by atoms with Crippen LogP contribution < -0.4 is 5.32 Å². The van der Waals surface area contributed by atoms with Gasteiger partial charge in [-0.25, -0.2) is 4.79 Å². The lowest BCUT2D eigenvalue weighted by atomic mass is 9.95. The number of hydrogen-bond acceptors (Lipinski definition) is 5. The maximum Gasteiger partial charge on any atom is 0.407 e. The Morgan fingerprint density at radius 3 is 2.82 bits per heavy atom. The van der Waals surface area contributed by atoms with Crippen molar-refractivity contribution in [2.75, 3.05) is 39.6 Å². The highest BCUT2D eigenvalue weighted by Gasteiger charge is 2.36. The van der Waals surface area contributed by atoms with E-state index in [1.54, 1.807) is 0 Å². The number of carbonyl (C=O) groups excluding carboxylic acids is 2. The molecule has 2 aliphatic rings. The van der Waals surface area contributed by atoms with Gasteiger partial charge in [-0.05, 0) is 18.6 Å². The summed E-state index contributed by atoms with van der Waals surface area (Å²) in [5.41, 5.74) is 4.64. The van der Waals surface area contributed by atoms with Crippen LogP contribution in [0.2, 0.25) is 0 Å². The third kappa shape index (κ3) is 5.14. The molecular formula is C22H24NO5+. The molecule has 6 nitrogen and oxygen atoms in total. The zero-order valence-corrected chi connectivity index (χ0v) is 15.9. The summed E-state index contributed by atoms with van der Waals surface area (Å²) in [6.07, 6.45) is 8.54. The number of carbonyl (C=O) groups is 2. The smallest absolute Gasteiger partial charge is 0.407 e. The summed E-state index contributed by atoms with van der Waals surface area (Å²) < 4.78 is 15.8. The first-order chi connectivity index (χ1) is 13.7. The summed E-state index contributed by atoms with van der Waals surface area (Å²) in [6.45, 7) is 3.26. The molecule has 0 aliphatic heterocycles. The van der Waals surface area contributed by atoms with Crippen LogP contribution in [0.15, 0.2) is 48.1 Å². The molecule has 1 atom stereocenters. The lowest BCUT2D eigenvalue weighted by Gasteiger charge is -2.13. The second-order valence-corrected chi connectivity index (χ2v) is 6.55. The standard InChI is InChI=1S/C22H23NO5/c1-16(24)14-27-13-12-26-11-10-23-22(25)28-15-21-19-8-4-2-6-17(19)18-7-3-5-9-20(18)21/h2,4-9,21H,10-15H2,1H3/p+1. The molecule has 6 heteroatoms. The van der Waals surface area contributed by atoms with Crippen LogP contribution in [0.3, 0.4) is 0 Å². The number of ketones is 1. The number of nitrogens with one attached hydrogen (secondary N) is 1. The van der Waals surface area contributed by atoms with E-state index in [-0.39, 0.29) is 24.9 Å². The van der Waals surface area contributed by atoms with E-state index in [1.165, 1.54) is 18.1 Å². The Balaban J connectivity index is 1.38. The number of Topliss-reactive ketones (excluding diaryl/α,β-unsaturated/α-hetero) is 1. The Kier molecular flexibility index (Phi) is 7.09. The molecule has 0 radical (unpaired) electrons. The Hall–Kier alpha value is -2.79. The number of hydrogen-bond donors (Lipinski definition) is 1. The van der Waals surface area contributed by atoms with E-state index in [1.807, 2.05) is 30.4 Å². The van der Waals surface area contributed by atoms with Gasteiger partial charge in [0.15, 0.2) is 5.78 Å². The van der Waals surface area contributed by atoms with Gasteiger partial charge in [0.2, 0.25) is 0 Å². The predicted octanol–water partition coefficient (Wildman–Crippen LogP) is 2.81. The molecule has 0 fully saturated rings. The van der Waals surface area contributed by atoms with Crippen LogP contribution in [0.4, 0.5) is 4.79 Å². The van der Waals surface area contributed by atoms with E-state index in [0.29, 0.717) is 26.4 Å². The topological polar surface area (TPSA) is 73.9 Å². The van der Waals surface area contributed by atoms with E-state index < -0.39 is 6.09 Å². The maximum absolute atomic E-state index is 12.0. The fourth-order valence-electron chi connectivity index (χ4n) is 3.24. The third-order valence-electron chi connectivity index (χ3n) is 4.47. The van der Waals surface area contributed by atoms with Crippen molar-refractivity contribution in [1.29, 1.82) is 0 Å². The number of amides is 1. The van der Waals surface area contributed by atoms with Gasteiger partial charge in [-0.1, -0.05) is 18.2 Å². The number of allylic oxidation sites excluding steroid dienone is 5. The van der Waals surface area contributed by atoms with Crippen molar-refractivity contribution in [3.8, 4) is 0 Å². The van der Waals surface area contributed by atoms with Crippen LogP contribution in [0.5, 0.6) is 0 Å². The zero-order chi connectivity index (χ0) is 19.8. The average molecular weight is 382 g/mol. The first-order valence-corrected chi connectivity index (χ1v) is 9.31. The van der Waals surface area contributed by atoms with Gasteiger partial charge in [0.25, 0.3) is 0 Å². The molecule has 0 bridgehead atoms. The van der Waals surface area contributed by atoms with E-state index in [4.69, 9.17) is 14.2 Å². The number of alkyl carbamates (subject to hydrolysis) is 1. The lowest BCUT2D eigenvalue weighted by molar-refractivity contribution is -0.121. The van der Waals surface area contributed by atoms with Crippen LogP contribution in [0.25, 0.3) is 5.57 Å². The van der Waals surface area contributed by atoms with Crippen LogP contribution >= 0.6 is 0 Å². The molecule has 1 amide bonds. The molecule has 0 saturated heterocycles. The fourth-order valence-corrected chi connectivity index (χ4v) is 3.24. The Morgan fingerprint density at radius 2 is 1.96 bits per heavy atom. The summed E-state index contributed by atoms with van der Waals surface area (Å²) in [5, 5.41) is 2.68. The summed E-state index contributed by atoms with van der Waals surface area (Å²) >= 11 is 0. The molecule has 1 aromatic carbocycles. The molecule has 28 heavy (non-hydrogen) atoms. The van der Waals surface area contributed by atoms with E-state index >= 15 is 0 Å². The minimum atomic E-state index is -0.468. The summed E-state index contributed by atoms with van der Waals surface area (Å²) in [5.74, 6) is 0.0104. The summed E-state index contributed by atoms with van der Waals surface area (Å²) in [7, 11) is 0. The van der Waals surface area contributed by atoms with Crippen LogP contribution in [0, 0.1) is 6.08 Å². The minimum Gasteiger partial charge on any atom is -0.448 e. The van der Waals surface area contributed by atoms with Gasteiger partial charge in [0.1, 0.15) is 25.4 Å². The lowest BCUT2D eigenvalue weighted by Crippen LogP contribution is -2.29. The van der Waals surface area contributed by atoms with Gasteiger partial charge >= 0.3 is 6.09 Å². The molecule has 0 heterocycles. The Morgan fingerprint density at radius 1 is 1.14 bits per heavy atom. The van der Waals surface area contributed by atoms with Gasteiger partial charge in [-0.2, -0.15) is 0 Å². The molecule has 1 unspecified atom stereocenters. The second kappa shape index (κ2) is 9.95. The molecule has 3 rings (SSSR count). The highest BCUT2D eigenvalue weighted by Crippen LogP contribution is 2.44. The Labute approximate surface area is 164 Å². The highest BCUT2D eigenvalue weighted by molar-refractivity contribution is 5.87. The molecule has 1 aromatic rings. The number of ether oxygens (including phenoxy) is 3. The van der Waals surface area contributed by atoms with Crippen LogP contribution in [-0.4, -0.2) is 51.5 Å². The molecule has 0 aromatic heterocycles. The van der Waals surface area contributed by atoms with Crippen molar-refractivity contribution in [2.24, 2.45) is 0 Å². The SMILES string of the molecule is CC(=O)COCCOCCNC(=O)OCC1C2=C(C=[C+]C=C2)c2ccccc21. The normalized spacial score (nSPS) is 16.4. The van der Waals surface area contributed by atoms with E-state index in [2.05, 4.69) is 23.5 Å². The highest BCUT2D eigenvalue weighted by atomic mass is 16.6. The van der Waals surface area contributed by atoms with Crippen molar-refractivity contribution < 1.29 is 23.8 Å². The minimum absolute atomic E-state index is 0.0185. The second-order valence-electron chi connectivity index (χ2n) is 6.55. The Bertz CT molecular complexity index is 809. The van der Waals surface area contributed by atoms with Gasteiger partial charge in [-0.3, -0.25) is 4.79 Å². The van der Waals surface area contributed by atoms with Gasteiger partial charge < -0.3 is 19.5 Å². The van der Waals surface area contributed by atoms with Gasteiger partial charge in [0.05, 0.1) is 43.0 Å². The molecule has 0 spiro atoms. The van der Waals surface area contributed by atoms with Gasteiger partial charge in [0, 0.05) is 18.2 Å². The van der Waals surface area contributed by atoms with Gasteiger partial charge in [-0.15, -0.1) is 0 Å². The van der Waals surface area contributed by atoms with Crippen molar-refractivity contribution in [2.45, 2.75) is 12.8 Å². The zero-order valence-electron chi connectivity index (χ0n) is 15.9. The molecule has 0 saturated carbocycles. The van der Waals surface area contributed by atoms with Crippen LogP contribution in [0.1, 0.15) is 24.0 Å². The quantitative estimate of drug-likeness (QED) is 0.498. The average Bonchev–Trinajstić information content (AvgIpc) is 3.02. The van der Waals surface area contributed by atoms with E-state index in [9.17, 15) is 9.59 Å². The number of fused-ring (bicyclic) bond motifs is 2. The largest absolute Gasteiger partial charge is 0.448 e. The molecule has 146 valence electrons. The fraction of sp³-hybridized carbons (Fsp3) is 0.364. The number of rotatable bonds is 10. The van der Waals surface area contributed by atoms with E-state index in [0.717, 1.165) is 11.1 Å². The summed E-state index contributed by atoms with van der Waals surface area (Å²) in [6, 6.07) is 8.17. The first-order valence-electron chi connectivity index (χ1n) is 9.31. The van der Waals surface area contributed by atoms with Crippen molar-refractivity contribution >= 4 is 17.4 Å².